The highest BCUT2D eigenvalue weighted by Crippen LogP contribution is 2.19. The summed E-state index contributed by atoms with van der Waals surface area (Å²) in [5.41, 5.74) is 2.81. The molecule has 3 aromatic rings. The lowest BCUT2D eigenvalue weighted by molar-refractivity contribution is 0.177. The maximum absolute atomic E-state index is 10.2. The second kappa shape index (κ2) is 5.21. The van der Waals surface area contributed by atoms with Gasteiger partial charge in [0.2, 0.25) is 0 Å². The minimum absolute atomic E-state index is 0.505. The molecule has 94 valence electrons. The van der Waals surface area contributed by atoms with E-state index in [0.717, 1.165) is 22.2 Å². The summed E-state index contributed by atoms with van der Waals surface area (Å²) in [4.78, 5) is 4.58. The van der Waals surface area contributed by atoms with Gasteiger partial charge in [-0.25, -0.2) is 0 Å². The number of aliphatic hydroxyl groups is 1. The molecule has 2 nitrogen and oxygen atoms in total. The molecule has 1 heterocycles. The van der Waals surface area contributed by atoms with E-state index in [1.54, 1.807) is 0 Å². The van der Waals surface area contributed by atoms with Gasteiger partial charge in [0.15, 0.2) is 0 Å². The molecule has 0 amide bonds. The Kier molecular flexibility index (Phi) is 3.25. The van der Waals surface area contributed by atoms with Crippen LogP contribution in [0.15, 0.2) is 66.7 Å². The first-order valence-electron chi connectivity index (χ1n) is 6.40. The van der Waals surface area contributed by atoms with Crippen LogP contribution in [0.1, 0.15) is 17.4 Å². The quantitative estimate of drug-likeness (QED) is 0.770. The molecule has 19 heavy (non-hydrogen) atoms. The first kappa shape index (κ1) is 11.9. The summed E-state index contributed by atoms with van der Waals surface area (Å²) in [5.74, 6) is 0. The van der Waals surface area contributed by atoms with Crippen LogP contribution >= 0.6 is 0 Å². The first-order valence-corrected chi connectivity index (χ1v) is 6.40. The summed E-state index contributed by atoms with van der Waals surface area (Å²) in [6.45, 7) is 0. The maximum atomic E-state index is 10.2. The van der Waals surface area contributed by atoms with Crippen molar-refractivity contribution >= 4 is 10.9 Å². The Labute approximate surface area is 112 Å². The van der Waals surface area contributed by atoms with Crippen molar-refractivity contribution in [2.24, 2.45) is 0 Å². The number of hydrogen-bond acceptors (Lipinski definition) is 2. The van der Waals surface area contributed by atoms with E-state index in [2.05, 4.69) is 11.1 Å². The number of rotatable bonds is 3. The first-order chi connectivity index (χ1) is 9.33. The lowest BCUT2D eigenvalue weighted by atomic mass is 10.0. The highest BCUT2D eigenvalue weighted by molar-refractivity contribution is 5.78. The summed E-state index contributed by atoms with van der Waals surface area (Å²) < 4.78 is 0. The summed E-state index contributed by atoms with van der Waals surface area (Å²) in [7, 11) is 0. The van der Waals surface area contributed by atoms with Crippen LogP contribution in [-0.2, 0) is 6.42 Å². The number of hydrogen-bond donors (Lipinski definition) is 1. The zero-order valence-electron chi connectivity index (χ0n) is 10.5. The maximum Gasteiger partial charge on any atom is 0.0845 e. The van der Waals surface area contributed by atoms with Crippen LogP contribution in [0.3, 0.4) is 0 Å². The average molecular weight is 249 g/mol. The van der Waals surface area contributed by atoms with Gasteiger partial charge in [-0.15, -0.1) is 0 Å². The van der Waals surface area contributed by atoms with E-state index in [9.17, 15) is 5.11 Å². The normalized spacial score (nSPS) is 12.5. The molecule has 0 fully saturated rings. The molecule has 1 aromatic heterocycles. The topological polar surface area (TPSA) is 33.1 Å². The van der Waals surface area contributed by atoms with Gasteiger partial charge in [-0.3, -0.25) is 4.98 Å². The zero-order chi connectivity index (χ0) is 13.1. The van der Waals surface area contributed by atoms with Crippen molar-refractivity contribution in [2.45, 2.75) is 12.5 Å². The summed E-state index contributed by atoms with van der Waals surface area (Å²) in [6, 6.07) is 21.7. The van der Waals surface area contributed by atoms with Crippen LogP contribution in [-0.4, -0.2) is 10.1 Å². The number of nitrogens with zero attached hydrogens (tertiary/aromatic N) is 1. The molecule has 0 saturated carbocycles. The van der Waals surface area contributed by atoms with E-state index in [1.807, 2.05) is 60.7 Å². The third kappa shape index (κ3) is 2.64. The predicted molar refractivity (Wildman–Crippen MR) is 76.8 cm³/mol. The Balaban J connectivity index is 1.85. The van der Waals surface area contributed by atoms with Crippen LogP contribution < -0.4 is 0 Å². The Morgan fingerprint density at radius 2 is 1.58 bits per heavy atom. The number of aliphatic hydroxyl groups excluding tert-OH is 1. The lowest BCUT2D eigenvalue weighted by Gasteiger charge is -2.10. The lowest BCUT2D eigenvalue weighted by Crippen LogP contribution is -2.03. The Morgan fingerprint density at radius 3 is 2.42 bits per heavy atom. The van der Waals surface area contributed by atoms with E-state index in [-0.39, 0.29) is 0 Å². The zero-order valence-corrected chi connectivity index (χ0v) is 10.5. The highest BCUT2D eigenvalue weighted by atomic mass is 16.3. The van der Waals surface area contributed by atoms with Gasteiger partial charge in [-0.2, -0.15) is 0 Å². The van der Waals surface area contributed by atoms with Gasteiger partial charge >= 0.3 is 0 Å². The number of para-hydroxylation sites is 1. The van der Waals surface area contributed by atoms with Crippen LogP contribution in [0, 0.1) is 0 Å². The van der Waals surface area contributed by atoms with Crippen molar-refractivity contribution in [3.63, 3.8) is 0 Å². The molecule has 2 heteroatoms. The molecule has 0 radical (unpaired) electrons. The molecule has 0 aliphatic carbocycles. The predicted octanol–water partition coefficient (Wildman–Crippen LogP) is 3.51. The number of pyridine rings is 1. The molecule has 3 rings (SSSR count). The van der Waals surface area contributed by atoms with Gasteiger partial charge in [0.1, 0.15) is 0 Å². The largest absolute Gasteiger partial charge is 0.388 e. The van der Waals surface area contributed by atoms with Crippen LogP contribution in [0.2, 0.25) is 0 Å². The molecule has 1 N–H and O–H groups in total. The van der Waals surface area contributed by atoms with Crippen LogP contribution in [0.4, 0.5) is 0 Å². The smallest absolute Gasteiger partial charge is 0.0845 e. The third-order valence-corrected chi connectivity index (χ3v) is 3.24. The van der Waals surface area contributed by atoms with E-state index < -0.39 is 6.10 Å². The summed E-state index contributed by atoms with van der Waals surface area (Å²) in [5, 5.41) is 11.3. The van der Waals surface area contributed by atoms with Gasteiger partial charge in [0, 0.05) is 17.5 Å². The van der Waals surface area contributed by atoms with Crippen molar-refractivity contribution in [3.8, 4) is 0 Å². The SMILES string of the molecule is OC(Cc1ccc2ccccc2n1)c1ccccc1. The minimum atomic E-state index is -0.505. The molecule has 0 saturated heterocycles. The molecular weight excluding hydrogens is 234 g/mol. The summed E-state index contributed by atoms with van der Waals surface area (Å²) in [6.07, 6.45) is 0.0318. The van der Waals surface area contributed by atoms with E-state index in [0.29, 0.717) is 6.42 Å². The van der Waals surface area contributed by atoms with Gasteiger partial charge in [0.25, 0.3) is 0 Å². The minimum Gasteiger partial charge on any atom is -0.388 e. The molecule has 2 aromatic carbocycles. The van der Waals surface area contributed by atoms with Crippen molar-refractivity contribution in [1.82, 2.24) is 4.98 Å². The van der Waals surface area contributed by atoms with Gasteiger partial charge in [0.05, 0.1) is 11.6 Å². The fourth-order valence-electron chi connectivity index (χ4n) is 2.21. The molecular formula is C17H15NO. The standard InChI is InChI=1S/C17H15NO/c19-17(14-7-2-1-3-8-14)12-15-11-10-13-6-4-5-9-16(13)18-15/h1-11,17,19H,12H2. The average Bonchev–Trinajstić information content (AvgIpc) is 2.48. The number of benzene rings is 2. The van der Waals surface area contributed by atoms with Crippen molar-refractivity contribution in [1.29, 1.82) is 0 Å². The molecule has 0 spiro atoms. The van der Waals surface area contributed by atoms with Crippen molar-refractivity contribution in [2.75, 3.05) is 0 Å². The van der Waals surface area contributed by atoms with E-state index >= 15 is 0 Å². The Morgan fingerprint density at radius 1 is 0.842 bits per heavy atom. The van der Waals surface area contributed by atoms with Crippen molar-refractivity contribution < 1.29 is 5.11 Å². The molecule has 1 atom stereocenters. The fraction of sp³-hybridized carbons (Fsp3) is 0.118. The molecule has 1 unspecified atom stereocenters. The second-order valence-electron chi connectivity index (χ2n) is 4.63. The Hall–Kier alpha value is -2.19. The van der Waals surface area contributed by atoms with Crippen molar-refractivity contribution in [3.05, 3.63) is 78.0 Å². The monoisotopic (exact) mass is 249 g/mol. The highest BCUT2D eigenvalue weighted by Gasteiger charge is 2.09. The number of aromatic nitrogens is 1. The van der Waals surface area contributed by atoms with Gasteiger partial charge in [-0.05, 0) is 17.7 Å². The van der Waals surface area contributed by atoms with Crippen LogP contribution in [0.5, 0.6) is 0 Å². The van der Waals surface area contributed by atoms with Gasteiger partial charge in [-0.1, -0.05) is 54.6 Å². The Bertz CT molecular complexity index is 679. The second-order valence-corrected chi connectivity index (χ2v) is 4.63. The fourth-order valence-corrected chi connectivity index (χ4v) is 2.21. The van der Waals surface area contributed by atoms with Crippen LogP contribution in [0.25, 0.3) is 10.9 Å². The third-order valence-electron chi connectivity index (χ3n) is 3.24. The van der Waals surface area contributed by atoms with E-state index in [4.69, 9.17) is 0 Å². The van der Waals surface area contributed by atoms with E-state index in [1.165, 1.54) is 0 Å². The number of fused-ring (bicyclic) bond motifs is 1. The molecule has 0 bridgehead atoms. The summed E-state index contributed by atoms with van der Waals surface area (Å²) >= 11 is 0. The molecule has 0 aliphatic rings. The molecule has 0 aliphatic heterocycles. The van der Waals surface area contributed by atoms with Gasteiger partial charge < -0.3 is 5.11 Å².